The van der Waals surface area contributed by atoms with Crippen molar-refractivity contribution in [3.05, 3.63) is 0 Å². The lowest BCUT2D eigenvalue weighted by Crippen LogP contribution is -2.47. The van der Waals surface area contributed by atoms with Gasteiger partial charge in [0.2, 0.25) is 11.8 Å². The second kappa shape index (κ2) is 6.57. The summed E-state index contributed by atoms with van der Waals surface area (Å²) in [5.41, 5.74) is 0. The van der Waals surface area contributed by atoms with E-state index in [1.807, 2.05) is 23.6 Å². The van der Waals surface area contributed by atoms with Crippen LogP contribution in [-0.4, -0.2) is 59.0 Å². The summed E-state index contributed by atoms with van der Waals surface area (Å²) in [6.07, 6.45) is 2.68. The molecule has 0 atom stereocenters. The summed E-state index contributed by atoms with van der Waals surface area (Å²) >= 11 is 0. The smallest absolute Gasteiger partial charge is 0.225 e. The van der Waals surface area contributed by atoms with Gasteiger partial charge in [-0.1, -0.05) is 13.8 Å². The molecule has 114 valence electrons. The maximum atomic E-state index is 12.4. The van der Waals surface area contributed by atoms with Gasteiger partial charge in [-0.05, 0) is 25.7 Å². The van der Waals surface area contributed by atoms with Gasteiger partial charge >= 0.3 is 0 Å². The fourth-order valence-electron chi connectivity index (χ4n) is 3.06. The van der Waals surface area contributed by atoms with Crippen molar-refractivity contribution in [2.75, 3.05) is 26.2 Å². The van der Waals surface area contributed by atoms with Crippen molar-refractivity contribution in [2.24, 2.45) is 11.8 Å². The van der Waals surface area contributed by atoms with Crippen LogP contribution in [-0.2, 0) is 9.59 Å². The summed E-state index contributed by atoms with van der Waals surface area (Å²) in [6.45, 7) is 6.57. The SMILES string of the molecule is CC(C)C(=O)N1CCC(C(=O)N2CCC(O)CC2)CC1. The minimum atomic E-state index is -0.246. The standard InChI is InChI=1S/C15H26N2O3/c1-11(2)14(19)16-7-3-12(4-8-16)15(20)17-9-5-13(18)6-10-17/h11-13,18H,3-10H2,1-2H3. The molecule has 2 heterocycles. The van der Waals surface area contributed by atoms with Crippen molar-refractivity contribution < 1.29 is 14.7 Å². The van der Waals surface area contributed by atoms with E-state index in [1.54, 1.807) is 0 Å². The number of aliphatic hydroxyl groups is 1. The summed E-state index contributed by atoms with van der Waals surface area (Å²) in [6, 6.07) is 0. The molecule has 2 aliphatic heterocycles. The Morgan fingerprint density at radius 3 is 1.95 bits per heavy atom. The van der Waals surface area contributed by atoms with E-state index in [-0.39, 0.29) is 29.8 Å². The molecule has 5 nitrogen and oxygen atoms in total. The Morgan fingerprint density at radius 2 is 1.45 bits per heavy atom. The lowest BCUT2D eigenvalue weighted by molar-refractivity contribution is -0.143. The van der Waals surface area contributed by atoms with E-state index in [0.29, 0.717) is 39.0 Å². The number of hydrogen-bond acceptors (Lipinski definition) is 3. The van der Waals surface area contributed by atoms with Crippen LogP contribution in [0.2, 0.25) is 0 Å². The molecule has 2 saturated heterocycles. The average molecular weight is 282 g/mol. The fourth-order valence-corrected chi connectivity index (χ4v) is 3.06. The first-order valence-corrected chi connectivity index (χ1v) is 7.74. The first-order chi connectivity index (χ1) is 9.49. The van der Waals surface area contributed by atoms with E-state index in [2.05, 4.69) is 0 Å². The largest absolute Gasteiger partial charge is 0.393 e. The normalized spacial score (nSPS) is 22.4. The van der Waals surface area contributed by atoms with Crippen molar-refractivity contribution in [1.29, 1.82) is 0 Å². The number of carbonyl (C=O) groups excluding carboxylic acids is 2. The molecule has 0 aromatic rings. The summed E-state index contributed by atoms with van der Waals surface area (Å²) in [7, 11) is 0. The molecule has 0 spiro atoms. The van der Waals surface area contributed by atoms with Crippen molar-refractivity contribution in [3.63, 3.8) is 0 Å². The van der Waals surface area contributed by atoms with Crippen LogP contribution in [0.15, 0.2) is 0 Å². The van der Waals surface area contributed by atoms with Gasteiger partial charge in [-0.15, -0.1) is 0 Å². The predicted octanol–water partition coefficient (Wildman–Crippen LogP) is 0.864. The van der Waals surface area contributed by atoms with E-state index < -0.39 is 0 Å². The number of rotatable bonds is 2. The zero-order valence-electron chi connectivity index (χ0n) is 12.5. The number of carbonyl (C=O) groups is 2. The van der Waals surface area contributed by atoms with Gasteiger partial charge in [0.05, 0.1) is 6.10 Å². The highest BCUT2D eigenvalue weighted by Crippen LogP contribution is 2.22. The fraction of sp³-hybridized carbons (Fsp3) is 0.867. The Labute approximate surface area is 120 Å². The maximum Gasteiger partial charge on any atom is 0.225 e. The quantitative estimate of drug-likeness (QED) is 0.817. The second-order valence-corrected chi connectivity index (χ2v) is 6.31. The zero-order valence-corrected chi connectivity index (χ0v) is 12.5. The molecule has 2 rings (SSSR count). The van der Waals surface area contributed by atoms with Crippen LogP contribution < -0.4 is 0 Å². The molecule has 2 aliphatic rings. The van der Waals surface area contributed by atoms with Crippen LogP contribution in [0.4, 0.5) is 0 Å². The number of piperidine rings is 2. The highest BCUT2D eigenvalue weighted by molar-refractivity contribution is 5.81. The third kappa shape index (κ3) is 3.51. The lowest BCUT2D eigenvalue weighted by atomic mass is 9.93. The molecular weight excluding hydrogens is 256 g/mol. The summed E-state index contributed by atoms with van der Waals surface area (Å²) in [5.74, 6) is 0.498. The molecule has 0 aromatic heterocycles. The van der Waals surface area contributed by atoms with E-state index in [9.17, 15) is 14.7 Å². The Morgan fingerprint density at radius 1 is 0.950 bits per heavy atom. The molecule has 0 saturated carbocycles. The highest BCUT2D eigenvalue weighted by atomic mass is 16.3. The monoisotopic (exact) mass is 282 g/mol. The van der Waals surface area contributed by atoms with Gasteiger partial charge in [0.25, 0.3) is 0 Å². The molecule has 5 heteroatoms. The van der Waals surface area contributed by atoms with Crippen molar-refractivity contribution >= 4 is 11.8 Å². The highest BCUT2D eigenvalue weighted by Gasteiger charge is 2.32. The maximum absolute atomic E-state index is 12.4. The van der Waals surface area contributed by atoms with E-state index in [1.165, 1.54) is 0 Å². The van der Waals surface area contributed by atoms with Gasteiger partial charge < -0.3 is 14.9 Å². The minimum Gasteiger partial charge on any atom is -0.393 e. The zero-order chi connectivity index (χ0) is 14.7. The Bertz CT molecular complexity index is 354. The minimum absolute atomic E-state index is 0.0332. The van der Waals surface area contributed by atoms with Gasteiger partial charge in [0, 0.05) is 38.0 Å². The topological polar surface area (TPSA) is 60.9 Å². The van der Waals surface area contributed by atoms with E-state index >= 15 is 0 Å². The first kappa shape index (κ1) is 15.3. The van der Waals surface area contributed by atoms with Crippen LogP contribution >= 0.6 is 0 Å². The molecule has 0 radical (unpaired) electrons. The van der Waals surface area contributed by atoms with Crippen LogP contribution in [0.1, 0.15) is 39.5 Å². The van der Waals surface area contributed by atoms with Crippen LogP contribution in [0.3, 0.4) is 0 Å². The molecule has 20 heavy (non-hydrogen) atoms. The lowest BCUT2D eigenvalue weighted by Gasteiger charge is -2.37. The molecular formula is C15H26N2O3. The van der Waals surface area contributed by atoms with Gasteiger partial charge in [0.1, 0.15) is 0 Å². The molecule has 0 bridgehead atoms. The molecule has 0 aliphatic carbocycles. The van der Waals surface area contributed by atoms with Gasteiger partial charge in [-0.2, -0.15) is 0 Å². The first-order valence-electron chi connectivity index (χ1n) is 7.74. The van der Waals surface area contributed by atoms with Gasteiger partial charge in [0.15, 0.2) is 0 Å². The second-order valence-electron chi connectivity index (χ2n) is 6.31. The number of likely N-dealkylation sites (tertiary alicyclic amines) is 2. The van der Waals surface area contributed by atoms with Crippen LogP contribution in [0, 0.1) is 11.8 Å². The third-order valence-electron chi connectivity index (χ3n) is 4.43. The number of hydrogen-bond donors (Lipinski definition) is 1. The summed E-state index contributed by atoms with van der Waals surface area (Å²) in [5, 5.41) is 9.48. The average Bonchev–Trinajstić information content (AvgIpc) is 2.46. The number of nitrogens with zero attached hydrogens (tertiary/aromatic N) is 2. The third-order valence-corrected chi connectivity index (χ3v) is 4.43. The van der Waals surface area contributed by atoms with E-state index in [0.717, 1.165) is 12.8 Å². The Kier molecular flexibility index (Phi) is 5.02. The Balaban J connectivity index is 1.81. The van der Waals surface area contributed by atoms with Crippen molar-refractivity contribution in [3.8, 4) is 0 Å². The van der Waals surface area contributed by atoms with Crippen molar-refractivity contribution in [1.82, 2.24) is 9.80 Å². The number of amides is 2. The molecule has 0 unspecified atom stereocenters. The Hall–Kier alpha value is -1.10. The predicted molar refractivity (Wildman–Crippen MR) is 76.0 cm³/mol. The van der Waals surface area contributed by atoms with Crippen LogP contribution in [0.25, 0.3) is 0 Å². The molecule has 2 fully saturated rings. The molecule has 2 amide bonds. The van der Waals surface area contributed by atoms with Gasteiger partial charge in [-0.3, -0.25) is 9.59 Å². The van der Waals surface area contributed by atoms with Crippen LogP contribution in [0.5, 0.6) is 0 Å². The summed E-state index contributed by atoms with van der Waals surface area (Å²) < 4.78 is 0. The molecule has 0 aromatic carbocycles. The van der Waals surface area contributed by atoms with Gasteiger partial charge in [-0.25, -0.2) is 0 Å². The number of aliphatic hydroxyl groups excluding tert-OH is 1. The molecule has 1 N–H and O–H groups in total. The summed E-state index contributed by atoms with van der Waals surface area (Å²) in [4.78, 5) is 28.1. The van der Waals surface area contributed by atoms with Crippen molar-refractivity contribution in [2.45, 2.75) is 45.6 Å². The van der Waals surface area contributed by atoms with E-state index in [4.69, 9.17) is 0 Å².